The maximum absolute atomic E-state index is 11.9. The topological polar surface area (TPSA) is 42.0 Å². The Morgan fingerprint density at radius 2 is 1.82 bits per heavy atom. The smallest absolute Gasteiger partial charge is 0.220 e. The van der Waals surface area contributed by atoms with Crippen LogP contribution in [0.3, 0.4) is 0 Å². The second-order valence-electron chi connectivity index (χ2n) is 6.03. The summed E-state index contributed by atoms with van der Waals surface area (Å²) in [6.45, 7) is 4.76. The highest BCUT2D eigenvalue weighted by atomic mass is 16.1. The van der Waals surface area contributed by atoms with Crippen LogP contribution in [0.2, 0.25) is 0 Å². The number of hydrogen-bond donors (Lipinski definition) is 1. The molecule has 1 atom stereocenters. The van der Waals surface area contributed by atoms with Crippen molar-refractivity contribution in [1.29, 1.82) is 0 Å². The van der Waals surface area contributed by atoms with Gasteiger partial charge in [-0.3, -0.25) is 9.78 Å². The molecule has 2 aromatic rings. The van der Waals surface area contributed by atoms with Crippen molar-refractivity contribution in [2.45, 2.75) is 32.6 Å². The standard InChI is InChI=1S/C19H24N2O/c1-15(2)12-19(22)21-14-17(16-8-4-3-5-9-16)13-18-10-6-7-11-20-18/h3-11,15,17H,12-14H2,1-2H3,(H,21,22). The molecule has 0 fully saturated rings. The van der Waals surface area contributed by atoms with E-state index in [1.807, 2.05) is 42.6 Å². The maximum atomic E-state index is 11.9. The van der Waals surface area contributed by atoms with E-state index in [4.69, 9.17) is 0 Å². The van der Waals surface area contributed by atoms with Crippen LogP contribution in [0, 0.1) is 5.92 Å². The number of rotatable bonds is 7. The molecule has 3 heteroatoms. The van der Waals surface area contributed by atoms with Crippen molar-refractivity contribution in [2.75, 3.05) is 6.54 Å². The van der Waals surface area contributed by atoms with Crippen molar-refractivity contribution in [3.8, 4) is 0 Å². The first-order valence-electron chi connectivity index (χ1n) is 7.86. The summed E-state index contributed by atoms with van der Waals surface area (Å²) in [7, 11) is 0. The Labute approximate surface area is 132 Å². The third kappa shape index (κ3) is 5.32. The Kier molecular flexibility index (Phi) is 6.13. The second kappa shape index (κ2) is 8.32. The van der Waals surface area contributed by atoms with Crippen molar-refractivity contribution >= 4 is 5.91 Å². The van der Waals surface area contributed by atoms with Crippen molar-refractivity contribution < 1.29 is 4.79 Å². The van der Waals surface area contributed by atoms with Crippen LogP contribution in [0.1, 0.15) is 37.4 Å². The Balaban J connectivity index is 2.04. The molecular formula is C19H24N2O. The van der Waals surface area contributed by atoms with Gasteiger partial charge in [0.05, 0.1) is 0 Å². The number of aromatic nitrogens is 1. The van der Waals surface area contributed by atoms with E-state index in [-0.39, 0.29) is 11.8 Å². The van der Waals surface area contributed by atoms with Gasteiger partial charge in [0.1, 0.15) is 0 Å². The molecule has 1 unspecified atom stereocenters. The predicted octanol–water partition coefficient (Wildman–Crippen LogP) is 3.57. The number of pyridine rings is 1. The van der Waals surface area contributed by atoms with Gasteiger partial charge >= 0.3 is 0 Å². The zero-order chi connectivity index (χ0) is 15.8. The van der Waals surface area contributed by atoms with Gasteiger partial charge in [0.15, 0.2) is 0 Å². The summed E-state index contributed by atoms with van der Waals surface area (Å²) in [6, 6.07) is 16.3. The van der Waals surface area contributed by atoms with E-state index in [1.165, 1.54) is 5.56 Å². The van der Waals surface area contributed by atoms with Gasteiger partial charge < -0.3 is 5.32 Å². The minimum absolute atomic E-state index is 0.122. The molecule has 0 bridgehead atoms. The maximum Gasteiger partial charge on any atom is 0.220 e. The summed E-state index contributed by atoms with van der Waals surface area (Å²) in [5.74, 6) is 0.745. The number of hydrogen-bond acceptors (Lipinski definition) is 2. The molecule has 1 aromatic carbocycles. The van der Waals surface area contributed by atoms with Crippen molar-refractivity contribution in [2.24, 2.45) is 5.92 Å². The highest BCUT2D eigenvalue weighted by Crippen LogP contribution is 2.19. The number of nitrogens with zero attached hydrogens (tertiary/aromatic N) is 1. The third-order valence-electron chi connectivity index (χ3n) is 3.59. The first-order chi connectivity index (χ1) is 10.6. The summed E-state index contributed by atoms with van der Waals surface area (Å²) < 4.78 is 0. The molecule has 0 saturated heterocycles. The van der Waals surface area contributed by atoms with Crippen LogP contribution in [0.5, 0.6) is 0 Å². The second-order valence-corrected chi connectivity index (χ2v) is 6.03. The fourth-order valence-electron chi connectivity index (χ4n) is 2.48. The van der Waals surface area contributed by atoms with Gasteiger partial charge in [-0.15, -0.1) is 0 Å². The Morgan fingerprint density at radius 3 is 2.45 bits per heavy atom. The molecular weight excluding hydrogens is 272 g/mol. The number of nitrogens with one attached hydrogen (secondary N) is 1. The molecule has 22 heavy (non-hydrogen) atoms. The molecule has 116 valence electrons. The SMILES string of the molecule is CC(C)CC(=O)NCC(Cc1ccccn1)c1ccccc1. The average Bonchev–Trinajstić information content (AvgIpc) is 2.52. The molecule has 0 aliphatic rings. The fraction of sp³-hybridized carbons (Fsp3) is 0.368. The quantitative estimate of drug-likeness (QED) is 0.848. The Morgan fingerprint density at radius 1 is 1.09 bits per heavy atom. The summed E-state index contributed by atoms with van der Waals surface area (Å²) >= 11 is 0. The number of benzene rings is 1. The first kappa shape index (κ1) is 16.2. The summed E-state index contributed by atoms with van der Waals surface area (Å²) in [6.07, 6.45) is 3.21. The van der Waals surface area contributed by atoms with Crippen LogP contribution < -0.4 is 5.32 Å². The predicted molar refractivity (Wildman–Crippen MR) is 89.6 cm³/mol. The molecule has 0 aliphatic heterocycles. The largest absolute Gasteiger partial charge is 0.355 e. The number of amides is 1. The van der Waals surface area contributed by atoms with Crippen LogP contribution in [0.25, 0.3) is 0 Å². The molecule has 2 rings (SSSR count). The normalized spacial score (nSPS) is 12.1. The van der Waals surface area contributed by atoms with Gasteiger partial charge in [-0.05, 0) is 30.0 Å². The monoisotopic (exact) mass is 296 g/mol. The lowest BCUT2D eigenvalue weighted by molar-refractivity contribution is -0.121. The summed E-state index contributed by atoms with van der Waals surface area (Å²) in [4.78, 5) is 16.3. The van der Waals surface area contributed by atoms with Gasteiger partial charge in [-0.1, -0.05) is 50.2 Å². The van der Waals surface area contributed by atoms with E-state index >= 15 is 0 Å². The lowest BCUT2D eigenvalue weighted by atomic mass is 9.93. The lowest BCUT2D eigenvalue weighted by Gasteiger charge is -2.18. The van der Waals surface area contributed by atoms with Crippen molar-refractivity contribution in [3.63, 3.8) is 0 Å². The van der Waals surface area contributed by atoms with Crippen LogP contribution in [-0.4, -0.2) is 17.4 Å². The zero-order valence-electron chi connectivity index (χ0n) is 13.3. The molecule has 0 aliphatic carbocycles. The Hall–Kier alpha value is -2.16. The van der Waals surface area contributed by atoms with Crippen molar-refractivity contribution in [1.82, 2.24) is 10.3 Å². The number of carbonyl (C=O) groups is 1. The molecule has 1 N–H and O–H groups in total. The minimum atomic E-state index is 0.122. The van der Waals surface area contributed by atoms with E-state index in [0.29, 0.717) is 18.9 Å². The third-order valence-corrected chi connectivity index (χ3v) is 3.59. The van der Waals surface area contributed by atoms with Gasteiger partial charge in [-0.25, -0.2) is 0 Å². The highest BCUT2D eigenvalue weighted by Gasteiger charge is 2.14. The number of carbonyl (C=O) groups excluding carboxylic acids is 1. The molecule has 0 saturated carbocycles. The van der Waals surface area contributed by atoms with Gasteiger partial charge in [0.25, 0.3) is 0 Å². The van der Waals surface area contributed by atoms with E-state index in [9.17, 15) is 4.79 Å². The van der Waals surface area contributed by atoms with E-state index < -0.39 is 0 Å². The van der Waals surface area contributed by atoms with E-state index in [2.05, 4.69) is 36.3 Å². The fourth-order valence-corrected chi connectivity index (χ4v) is 2.48. The van der Waals surface area contributed by atoms with E-state index in [1.54, 1.807) is 0 Å². The summed E-state index contributed by atoms with van der Waals surface area (Å²) in [5.41, 5.74) is 2.28. The van der Waals surface area contributed by atoms with Crippen LogP contribution >= 0.6 is 0 Å². The minimum Gasteiger partial charge on any atom is -0.355 e. The average molecular weight is 296 g/mol. The molecule has 3 nitrogen and oxygen atoms in total. The lowest BCUT2D eigenvalue weighted by Crippen LogP contribution is -2.30. The van der Waals surface area contributed by atoms with E-state index in [0.717, 1.165) is 12.1 Å². The highest BCUT2D eigenvalue weighted by molar-refractivity contribution is 5.76. The Bertz CT molecular complexity index is 567. The van der Waals surface area contributed by atoms with Gasteiger partial charge in [0.2, 0.25) is 5.91 Å². The van der Waals surface area contributed by atoms with Crippen molar-refractivity contribution in [3.05, 3.63) is 66.0 Å². The van der Waals surface area contributed by atoms with Gasteiger partial charge in [-0.2, -0.15) is 0 Å². The van der Waals surface area contributed by atoms with Crippen LogP contribution in [0.15, 0.2) is 54.7 Å². The van der Waals surface area contributed by atoms with Crippen LogP contribution in [-0.2, 0) is 11.2 Å². The molecule has 1 aromatic heterocycles. The summed E-state index contributed by atoms with van der Waals surface area (Å²) in [5, 5.41) is 3.07. The van der Waals surface area contributed by atoms with Crippen LogP contribution in [0.4, 0.5) is 0 Å². The molecule has 1 heterocycles. The van der Waals surface area contributed by atoms with Gasteiger partial charge in [0, 0.05) is 30.8 Å². The first-order valence-corrected chi connectivity index (χ1v) is 7.86. The molecule has 0 spiro atoms. The zero-order valence-corrected chi connectivity index (χ0v) is 13.3. The molecule has 0 radical (unpaired) electrons. The molecule has 1 amide bonds.